The summed E-state index contributed by atoms with van der Waals surface area (Å²) in [4.78, 5) is 9.32. The lowest BCUT2D eigenvalue weighted by Gasteiger charge is -2.18. The third-order valence-corrected chi connectivity index (χ3v) is 5.24. The molecule has 0 amide bonds. The van der Waals surface area contributed by atoms with Crippen LogP contribution in [0.25, 0.3) is 38.9 Å². The number of nitrogens with zero attached hydrogens (tertiary/aromatic N) is 3. The smallest absolute Gasteiger partial charge is 0.137 e. The summed E-state index contributed by atoms with van der Waals surface area (Å²) in [5, 5.41) is 11.4. The molecule has 0 aliphatic heterocycles. The summed E-state index contributed by atoms with van der Waals surface area (Å²) >= 11 is 0. The van der Waals surface area contributed by atoms with Crippen LogP contribution in [0.15, 0.2) is 85.3 Å². The monoisotopic (exact) mass is 379 g/mol. The molecule has 5 rings (SSSR count). The average molecular weight is 379 g/mol. The van der Waals surface area contributed by atoms with Crippen molar-refractivity contribution >= 4 is 16.6 Å². The van der Waals surface area contributed by atoms with Gasteiger partial charge in [-0.1, -0.05) is 36.4 Å². The number of aromatic nitrogens is 3. The van der Waals surface area contributed by atoms with Crippen LogP contribution in [0.4, 0.5) is 0 Å². The highest BCUT2D eigenvalue weighted by atomic mass is 16.3. The van der Waals surface area contributed by atoms with E-state index in [1.807, 2.05) is 59.3 Å². The van der Waals surface area contributed by atoms with Gasteiger partial charge in [-0.25, -0.2) is 4.98 Å². The first kappa shape index (κ1) is 17.6. The number of hydrogen-bond donors (Lipinski definition) is 1. The molecule has 3 aromatic heterocycles. The van der Waals surface area contributed by atoms with Crippen molar-refractivity contribution in [3.63, 3.8) is 0 Å². The zero-order valence-electron chi connectivity index (χ0n) is 16.4. The minimum absolute atomic E-state index is 0.870. The first-order chi connectivity index (χ1) is 14.0. The maximum atomic E-state index is 10.3. The summed E-state index contributed by atoms with van der Waals surface area (Å²) in [7, 11) is 0. The van der Waals surface area contributed by atoms with Crippen molar-refractivity contribution in [2.24, 2.45) is 0 Å². The van der Waals surface area contributed by atoms with E-state index < -0.39 is 5.60 Å². The second-order valence-electron chi connectivity index (χ2n) is 7.87. The SMILES string of the molecule is CC(C)(O)c1cccc(-c2ccc3nc(-c4cnc5ccccc5c4)cn3c2)c1. The van der Waals surface area contributed by atoms with Crippen molar-refractivity contribution in [3.05, 3.63) is 90.9 Å². The zero-order chi connectivity index (χ0) is 20.0. The number of fused-ring (bicyclic) bond motifs is 2. The number of pyridine rings is 2. The molecule has 0 aliphatic carbocycles. The molecule has 29 heavy (non-hydrogen) atoms. The van der Waals surface area contributed by atoms with Gasteiger partial charge in [-0.3, -0.25) is 4.98 Å². The molecule has 0 bridgehead atoms. The minimum Gasteiger partial charge on any atom is -0.386 e. The molecule has 0 aliphatic rings. The fourth-order valence-electron chi connectivity index (χ4n) is 3.59. The topological polar surface area (TPSA) is 50.4 Å². The van der Waals surface area contributed by atoms with Crippen molar-refractivity contribution in [3.8, 4) is 22.4 Å². The summed E-state index contributed by atoms with van der Waals surface area (Å²) in [6.07, 6.45) is 5.98. The van der Waals surface area contributed by atoms with Crippen LogP contribution in [0.5, 0.6) is 0 Å². The lowest BCUT2D eigenvalue weighted by atomic mass is 9.95. The lowest BCUT2D eigenvalue weighted by Crippen LogP contribution is -2.15. The number of rotatable bonds is 3. The van der Waals surface area contributed by atoms with Crippen LogP contribution >= 0.6 is 0 Å². The van der Waals surface area contributed by atoms with E-state index in [9.17, 15) is 5.11 Å². The Kier molecular flexibility index (Phi) is 3.96. The summed E-state index contributed by atoms with van der Waals surface area (Å²) in [6.45, 7) is 3.60. The lowest BCUT2D eigenvalue weighted by molar-refractivity contribution is 0.0786. The highest BCUT2D eigenvalue weighted by Gasteiger charge is 2.16. The van der Waals surface area contributed by atoms with Gasteiger partial charge in [0.05, 0.1) is 16.8 Å². The molecular weight excluding hydrogens is 358 g/mol. The molecule has 2 aromatic carbocycles. The molecule has 1 N–H and O–H groups in total. The normalized spacial score (nSPS) is 12.0. The van der Waals surface area contributed by atoms with Crippen molar-refractivity contribution < 1.29 is 5.11 Å². The van der Waals surface area contributed by atoms with E-state index in [2.05, 4.69) is 35.4 Å². The van der Waals surface area contributed by atoms with Crippen LogP contribution in [0.1, 0.15) is 19.4 Å². The van der Waals surface area contributed by atoms with Gasteiger partial charge in [-0.2, -0.15) is 0 Å². The van der Waals surface area contributed by atoms with Gasteiger partial charge in [0, 0.05) is 29.5 Å². The Morgan fingerprint density at radius 3 is 2.55 bits per heavy atom. The minimum atomic E-state index is -0.870. The number of imidazole rings is 1. The van der Waals surface area contributed by atoms with E-state index in [1.54, 1.807) is 13.8 Å². The Balaban J connectivity index is 1.56. The molecule has 0 atom stereocenters. The first-order valence-electron chi connectivity index (χ1n) is 9.65. The molecule has 0 saturated heterocycles. The number of hydrogen-bond acceptors (Lipinski definition) is 3. The Bertz CT molecular complexity index is 1350. The maximum Gasteiger partial charge on any atom is 0.137 e. The van der Waals surface area contributed by atoms with Gasteiger partial charge in [0.2, 0.25) is 0 Å². The van der Waals surface area contributed by atoms with Gasteiger partial charge in [0.25, 0.3) is 0 Å². The zero-order valence-corrected chi connectivity index (χ0v) is 16.4. The Morgan fingerprint density at radius 1 is 0.828 bits per heavy atom. The van der Waals surface area contributed by atoms with E-state index in [0.717, 1.165) is 44.5 Å². The molecule has 0 fully saturated rings. The van der Waals surface area contributed by atoms with E-state index in [4.69, 9.17) is 4.98 Å². The van der Waals surface area contributed by atoms with E-state index in [0.29, 0.717) is 0 Å². The van der Waals surface area contributed by atoms with E-state index in [-0.39, 0.29) is 0 Å². The largest absolute Gasteiger partial charge is 0.386 e. The molecule has 0 unspecified atom stereocenters. The summed E-state index contributed by atoms with van der Waals surface area (Å²) in [5.41, 5.74) is 5.92. The van der Waals surface area contributed by atoms with Crippen molar-refractivity contribution in [2.45, 2.75) is 19.4 Å². The number of benzene rings is 2. The highest BCUT2D eigenvalue weighted by molar-refractivity contribution is 5.83. The van der Waals surface area contributed by atoms with Gasteiger partial charge in [0.15, 0.2) is 0 Å². The predicted molar refractivity (Wildman–Crippen MR) is 117 cm³/mol. The molecule has 0 radical (unpaired) electrons. The third-order valence-electron chi connectivity index (χ3n) is 5.24. The Morgan fingerprint density at radius 2 is 1.69 bits per heavy atom. The summed E-state index contributed by atoms with van der Waals surface area (Å²) in [5.74, 6) is 0. The van der Waals surface area contributed by atoms with Crippen LogP contribution in [0.3, 0.4) is 0 Å². The van der Waals surface area contributed by atoms with Crippen LogP contribution in [-0.4, -0.2) is 19.5 Å². The predicted octanol–water partition coefficient (Wildman–Crippen LogP) is 5.44. The van der Waals surface area contributed by atoms with Gasteiger partial charge >= 0.3 is 0 Å². The molecule has 4 heteroatoms. The quantitative estimate of drug-likeness (QED) is 0.454. The Labute approximate surface area is 169 Å². The van der Waals surface area contributed by atoms with Crippen LogP contribution in [-0.2, 0) is 5.60 Å². The fourth-order valence-corrected chi connectivity index (χ4v) is 3.59. The third kappa shape index (κ3) is 3.28. The molecule has 5 aromatic rings. The molecule has 3 heterocycles. The second-order valence-corrected chi connectivity index (χ2v) is 7.87. The highest BCUT2D eigenvalue weighted by Crippen LogP contribution is 2.28. The van der Waals surface area contributed by atoms with Crippen molar-refractivity contribution in [1.29, 1.82) is 0 Å². The van der Waals surface area contributed by atoms with E-state index in [1.165, 1.54) is 0 Å². The molecule has 4 nitrogen and oxygen atoms in total. The molecule has 142 valence electrons. The first-order valence-corrected chi connectivity index (χ1v) is 9.65. The van der Waals surface area contributed by atoms with Gasteiger partial charge < -0.3 is 9.51 Å². The Hall–Kier alpha value is -3.50. The number of para-hydroxylation sites is 1. The van der Waals surface area contributed by atoms with Gasteiger partial charge in [-0.05, 0) is 60.9 Å². The van der Waals surface area contributed by atoms with Gasteiger partial charge in [0.1, 0.15) is 5.65 Å². The molecule has 0 saturated carbocycles. The summed E-state index contributed by atoms with van der Waals surface area (Å²) in [6, 6.07) is 22.3. The standard InChI is InChI=1S/C25H21N3O/c1-25(2,29)21-8-5-7-17(13-21)19-10-11-24-27-23(16-28(24)15-19)20-12-18-6-3-4-9-22(18)26-14-20/h3-16,29H,1-2H3. The van der Waals surface area contributed by atoms with Crippen LogP contribution < -0.4 is 0 Å². The number of aliphatic hydroxyl groups is 1. The molecule has 0 spiro atoms. The fraction of sp³-hybridized carbons (Fsp3) is 0.120. The summed E-state index contributed by atoms with van der Waals surface area (Å²) < 4.78 is 2.04. The van der Waals surface area contributed by atoms with Gasteiger partial charge in [-0.15, -0.1) is 0 Å². The van der Waals surface area contributed by atoms with Crippen LogP contribution in [0.2, 0.25) is 0 Å². The average Bonchev–Trinajstić information content (AvgIpc) is 3.16. The maximum absolute atomic E-state index is 10.3. The van der Waals surface area contributed by atoms with Crippen LogP contribution in [0, 0.1) is 0 Å². The second kappa shape index (κ2) is 6.54. The van der Waals surface area contributed by atoms with E-state index >= 15 is 0 Å². The van der Waals surface area contributed by atoms with Crippen molar-refractivity contribution in [2.75, 3.05) is 0 Å². The van der Waals surface area contributed by atoms with Crippen molar-refractivity contribution in [1.82, 2.24) is 14.4 Å². The molecular formula is C25H21N3O.